The van der Waals surface area contributed by atoms with E-state index in [0.29, 0.717) is 18.1 Å². The molecular formula is C16H23NO4. The molecule has 1 fully saturated rings. The molecule has 5 nitrogen and oxygen atoms in total. The van der Waals surface area contributed by atoms with Crippen molar-refractivity contribution < 1.29 is 19.4 Å². The van der Waals surface area contributed by atoms with Gasteiger partial charge in [0.05, 0.1) is 13.7 Å². The Kier molecular flexibility index (Phi) is 5.44. The summed E-state index contributed by atoms with van der Waals surface area (Å²) in [6.07, 6.45) is 3.02. The Morgan fingerprint density at radius 2 is 2.05 bits per heavy atom. The quantitative estimate of drug-likeness (QED) is 0.837. The average Bonchev–Trinajstić information content (AvgIpc) is 2.99. The van der Waals surface area contributed by atoms with Gasteiger partial charge in [0, 0.05) is 0 Å². The highest BCUT2D eigenvalue weighted by molar-refractivity contribution is 5.76. The first-order valence-electron chi connectivity index (χ1n) is 7.45. The normalized spacial score (nSPS) is 16.7. The molecule has 1 atom stereocenters. The zero-order valence-electron chi connectivity index (χ0n) is 12.7. The number of nitrogens with zero attached hydrogens (tertiary/aromatic N) is 1. The third kappa shape index (κ3) is 3.67. The largest absolute Gasteiger partial charge is 0.493 e. The van der Waals surface area contributed by atoms with Crippen molar-refractivity contribution in [2.45, 2.75) is 32.2 Å². The number of carboxylic acids is 1. The van der Waals surface area contributed by atoms with Crippen LogP contribution < -0.4 is 9.47 Å². The molecule has 0 saturated carbocycles. The Morgan fingerprint density at radius 3 is 2.62 bits per heavy atom. The summed E-state index contributed by atoms with van der Waals surface area (Å²) in [4.78, 5) is 13.6. The second kappa shape index (κ2) is 7.31. The molecule has 1 N–H and O–H groups in total. The Hall–Kier alpha value is -1.75. The number of hydrogen-bond acceptors (Lipinski definition) is 4. The first kappa shape index (κ1) is 15.6. The number of ether oxygens (including phenoxy) is 2. The molecule has 0 spiro atoms. The van der Waals surface area contributed by atoms with Gasteiger partial charge < -0.3 is 14.6 Å². The summed E-state index contributed by atoms with van der Waals surface area (Å²) in [5.41, 5.74) is 0.741. The second-order valence-corrected chi connectivity index (χ2v) is 5.24. The van der Waals surface area contributed by atoms with Gasteiger partial charge in [-0.2, -0.15) is 0 Å². The maximum atomic E-state index is 11.6. The molecule has 1 unspecified atom stereocenters. The van der Waals surface area contributed by atoms with Crippen molar-refractivity contribution in [1.82, 2.24) is 4.90 Å². The molecule has 0 bridgehead atoms. The van der Waals surface area contributed by atoms with Crippen molar-refractivity contribution in [1.29, 1.82) is 0 Å². The highest BCUT2D eigenvalue weighted by atomic mass is 16.5. The summed E-state index contributed by atoms with van der Waals surface area (Å²) in [5.74, 6) is 0.432. The Labute approximate surface area is 125 Å². The fourth-order valence-corrected chi connectivity index (χ4v) is 2.69. The van der Waals surface area contributed by atoms with Gasteiger partial charge in [-0.25, -0.2) is 0 Å². The molecule has 1 saturated heterocycles. The minimum atomic E-state index is -0.818. The number of methoxy groups -OCH3 is 1. The van der Waals surface area contributed by atoms with E-state index in [0.717, 1.165) is 37.9 Å². The van der Waals surface area contributed by atoms with E-state index in [4.69, 9.17) is 9.47 Å². The van der Waals surface area contributed by atoms with E-state index >= 15 is 0 Å². The van der Waals surface area contributed by atoms with Gasteiger partial charge >= 0.3 is 5.97 Å². The lowest BCUT2D eigenvalue weighted by Gasteiger charge is -2.24. The molecule has 1 aromatic rings. The zero-order chi connectivity index (χ0) is 15.2. The van der Waals surface area contributed by atoms with Crippen LogP contribution in [0, 0.1) is 0 Å². The first-order chi connectivity index (χ1) is 10.2. The molecule has 0 radical (unpaired) electrons. The van der Waals surface area contributed by atoms with Crippen LogP contribution in [0.15, 0.2) is 18.2 Å². The number of benzene rings is 1. The van der Waals surface area contributed by atoms with Gasteiger partial charge in [0.1, 0.15) is 6.04 Å². The number of hydrogen-bond donors (Lipinski definition) is 1. The minimum absolute atomic E-state index is 0.589. The Balaban J connectivity index is 2.26. The predicted molar refractivity (Wildman–Crippen MR) is 80.0 cm³/mol. The average molecular weight is 293 g/mol. The molecule has 21 heavy (non-hydrogen) atoms. The van der Waals surface area contributed by atoms with Gasteiger partial charge in [-0.1, -0.05) is 13.0 Å². The van der Waals surface area contributed by atoms with Crippen LogP contribution in [0.25, 0.3) is 0 Å². The number of carboxylic acid groups (broad SMARTS) is 1. The van der Waals surface area contributed by atoms with Crippen LogP contribution in [0.3, 0.4) is 0 Å². The third-order valence-corrected chi connectivity index (χ3v) is 3.70. The first-order valence-corrected chi connectivity index (χ1v) is 7.45. The second-order valence-electron chi connectivity index (χ2n) is 5.24. The summed E-state index contributed by atoms with van der Waals surface area (Å²) in [7, 11) is 1.57. The fourth-order valence-electron chi connectivity index (χ4n) is 2.69. The van der Waals surface area contributed by atoms with Gasteiger partial charge in [-0.15, -0.1) is 0 Å². The van der Waals surface area contributed by atoms with E-state index in [9.17, 15) is 9.90 Å². The Bertz CT molecular complexity index is 483. The van der Waals surface area contributed by atoms with Gasteiger partial charge in [-0.05, 0) is 50.0 Å². The number of carbonyl (C=O) groups is 1. The summed E-state index contributed by atoms with van der Waals surface area (Å²) < 4.78 is 11.0. The summed E-state index contributed by atoms with van der Waals surface area (Å²) >= 11 is 0. The summed E-state index contributed by atoms with van der Waals surface area (Å²) in [6.45, 7) is 4.31. The lowest BCUT2D eigenvalue weighted by atomic mass is 10.0. The lowest BCUT2D eigenvalue weighted by molar-refractivity contribution is -0.143. The molecule has 1 heterocycles. The molecule has 1 aliphatic heterocycles. The predicted octanol–water partition coefficient (Wildman–Crippen LogP) is 2.71. The molecule has 0 aliphatic carbocycles. The van der Waals surface area contributed by atoms with Crippen LogP contribution in [0.2, 0.25) is 0 Å². The molecular weight excluding hydrogens is 270 g/mol. The Morgan fingerprint density at radius 1 is 1.33 bits per heavy atom. The van der Waals surface area contributed by atoms with Crippen LogP contribution in [-0.2, 0) is 4.79 Å². The zero-order valence-corrected chi connectivity index (χ0v) is 12.7. The maximum Gasteiger partial charge on any atom is 0.325 e. The van der Waals surface area contributed by atoms with Crippen LogP contribution >= 0.6 is 0 Å². The molecule has 0 amide bonds. The van der Waals surface area contributed by atoms with E-state index < -0.39 is 12.0 Å². The van der Waals surface area contributed by atoms with Crippen molar-refractivity contribution in [3.63, 3.8) is 0 Å². The highest BCUT2D eigenvalue weighted by Gasteiger charge is 2.30. The van der Waals surface area contributed by atoms with Gasteiger partial charge in [0.25, 0.3) is 0 Å². The van der Waals surface area contributed by atoms with Crippen molar-refractivity contribution >= 4 is 5.97 Å². The number of likely N-dealkylation sites (tertiary alicyclic amines) is 1. The molecule has 116 valence electrons. The fraction of sp³-hybridized carbons (Fsp3) is 0.562. The van der Waals surface area contributed by atoms with Crippen LogP contribution in [0.4, 0.5) is 0 Å². The SMILES string of the molecule is CCCOc1ccc(C(C(=O)O)N2CCCC2)cc1OC. The molecule has 2 rings (SSSR count). The third-order valence-electron chi connectivity index (χ3n) is 3.70. The minimum Gasteiger partial charge on any atom is -0.493 e. The molecule has 1 aromatic carbocycles. The molecule has 1 aliphatic rings. The van der Waals surface area contributed by atoms with Crippen LogP contribution in [-0.4, -0.2) is 42.8 Å². The van der Waals surface area contributed by atoms with E-state index in [1.165, 1.54) is 0 Å². The highest BCUT2D eigenvalue weighted by Crippen LogP contribution is 2.33. The van der Waals surface area contributed by atoms with E-state index in [1.807, 2.05) is 17.9 Å². The molecule has 5 heteroatoms. The van der Waals surface area contributed by atoms with Crippen molar-refractivity contribution in [2.75, 3.05) is 26.8 Å². The smallest absolute Gasteiger partial charge is 0.325 e. The summed E-state index contributed by atoms with van der Waals surface area (Å²) in [5, 5.41) is 9.55. The topological polar surface area (TPSA) is 59.0 Å². The number of rotatable bonds is 7. The van der Waals surface area contributed by atoms with E-state index in [-0.39, 0.29) is 0 Å². The standard InChI is InChI=1S/C16H23NO4/c1-3-10-21-13-7-6-12(11-14(13)20-2)15(16(18)19)17-8-4-5-9-17/h6-7,11,15H,3-5,8-10H2,1-2H3,(H,18,19). The lowest BCUT2D eigenvalue weighted by Crippen LogP contribution is -2.31. The van der Waals surface area contributed by atoms with E-state index in [2.05, 4.69) is 0 Å². The van der Waals surface area contributed by atoms with Gasteiger partial charge in [-0.3, -0.25) is 9.69 Å². The molecule has 0 aromatic heterocycles. The van der Waals surface area contributed by atoms with E-state index in [1.54, 1.807) is 19.2 Å². The van der Waals surface area contributed by atoms with Crippen molar-refractivity contribution in [3.8, 4) is 11.5 Å². The number of aliphatic carboxylic acids is 1. The van der Waals surface area contributed by atoms with Gasteiger partial charge in [0.15, 0.2) is 11.5 Å². The van der Waals surface area contributed by atoms with Crippen molar-refractivity contribution in [3.05, 3.63) is 23.8 Å². The maximum absolute atomic E-state index is 11.6. The van der Waals surface area contributed by atoms with Crippen LogP contribution in [0.5, 0.6) is 11.5 Å². The monoisotopic (exact) mass is 293 g/mol. The van der Waals surface area contributed by atoms with Gasteiger partial charge in [0.2, 0.25) is 0 Å². The van der Waals surface area contributed by atoms with Crippen LogP contribution in [0.1, 0.15) is 37.8 Å². The van der Waals surface area contributed by atoms with Crippen molar-refractivity contribution in [2.24, 2.45) is 0 Å². The summed E-state index contributed by atoms with van der Waals surface area (Å²) in [6, 6.07) is 4.80.